The van der Waals surface area contributed by atoms with Crippen LogP contribution in [0.25, 0.3) is 0 Å². The Morgan fingerprint density at radius 1 is 1.40 bits per heavy atom. The van der Waals surface area contributed by atoms with Crippen molar-refractivity contribution >= 4 is 11.8 Å². The van der Waals surface area contributed by atoms with Crippen LogP contribution in [-0.4, -0.2) is 39.1 Å². The Hall–Kier alpha value is -2.44. The molecule has 0 fully saturated rings. The minimum absolute atomic E-state index is 0.0657. The largest absolute Gasteiger partial charge is 0.463 e. The van der Waals surface area contributed by atoms with Gasteiger partial charge >= 0.3 is 5.97 Å². The van der Waals surface area contributed by atoms with E-state index < -0.39 is 5.97 Å². The first kappa shape index (κ1) is 14.0. The fraction of sp³-hybridized carbons (Fsp3) is 0.385. The number of methoxy groups -OCH3 is 1. The highest BCUT2D eigenvalue weighted by Gasteiger charge is 2.08. The number of anilines is 1. The van der Waals surface area contributed by atoms with E-state index in [1.807, 2.05) is 10.8 Å². The summed E-state index contributed by atoms with van der Waals surface area (Å²) in [6.07, 6.45) is 9.09. The van der Waals surface area contributed by atoms with Gasteiger partial charge in [-0.1, -0.05) is 0 Å². The van der Waals surface area contributed by atoms with Crippen molar-refractivity contribution in [2.75, 3.05) is 19.0 Å². The van der Waals surface area contributed by atoms with Crippen LogP contribution in [0.4, 0.5) is 5.82 Å². The average Bonchev–Trinajstić information content (AvgIpc) is 2.99. The molecule has 0 unspecified atom stereocenters. The minimum Gasteiger partial charge on any atom is -0.463 e. The van der Waals surface area contributed by atoms with E-state index in [0.717, 1.165) is 25.9 Å². The highest BCUT2D eigenvalue weighted by molar-refractivity contribution is 5.85. The summed E-state index contributed by atoms with van der Waals surface area (Å²) in [6, 6.07) is 1.72. The molecule has 2 aromatic heterocycles. The molecule has 0 amide bonds. The Bertz CT molecular complexity index is 541. The zero-order valence-corrected chi connectivity index (χ0v) is 11.3. The van der Waals surface area contributed by atoms with Crippen molar-refractivity contribution in [2.45, 2.75) is 19.4 Å². The molecule has 7 nitrogen and oxygen atoms in total. The van der Waals surface area contributed by atoms with Gasteiger partial charge in [0.2, 0.25) is 5.82 Å². The molecule has 0 saturated heterocycles. The van der Waals surface area contributed by atoms with Crippen LogP contribution in [0, 0.1) is 0 Å². The lowest BCUT2D eigenvalue weighted by atomic mass is 10.3. The fourth-order valence-corrected chi connectivity index (χ4v) is 1.70. The molecule has 0 spiro atoms. The van der Waals surface area contributed by atoms with Crippen LogP contribution in [0.5, 0.6) is 0 Å². The van der Waals surface area contributed by atoms with Gasteiger partial charge in [0.1, 0.15) is 5.82 Å². The highest BCUT2D eigenvalue weighted by atomic mass is 16.5. The molecule has 0 radical (unpaired) electrons. The van der Waals surface area contributed by atoms with Crippen molar-refractivity contribution in [2.24, 2.45) is 0 Å². The van der Waals surface area contributed by atoms with E-state index in [1.54, 1.807) is 18.6 Å². The van der Waals surface area contributed by atoms with Crippen LogP contribution < -0.4 is 5.32 Å². The summed E-state index contributed by atoms with van der Waals surface area (Å²) in [5.41, 5.74) is 0. The van der Waals surface area contributed by atoms with Crippen molar-refractivity contribution in [1.29, 1.82) is 0 Å². The molecule has 1 N–H and O–H groups in total. The molecule has 0 aliphatic rings. The lowest BCUT2D eigenvalue weighted by Gasteiger charge is -2.06. The third kappa shape index (κ3) is 4.04. The Morgan fingerprint density at radius 2 is 2.30 bits per heavy atom. The second kappa shape index (κ2) is 7.22. The number of nitrogens with one attached hydrogen (secondary N) is 1. The van der Waals surface area contributed by atoms with E-state index in [-0.39, 0.29) is 5.82 Å². The number of nitrogens with zero attached hydrogens (tertiary/aromatic N) is 4. The van der Waals surface area contributed by atoms with Crippen LogP contribution in [0.2, 0.25) is 0 Å². The Labute approximate surface area is 117 Å². The van der Waals surface area contributed by atoms with Gasteiger partial charge in [0.05, 0.1) is 13.4 Å². The smallest absolute Gasteiger partial charge is 0.376 e. The fourth-order valence-electron chi connectivity index (χ4n) is 1.70. The van der Waals surface area contributed by atoms with Gasteiger partial charge in [0.15, 0.2) is 0 Å². The van der Waals surface area contributed by atoms with Crippen molar-refractivity contribution in [3.63, 3.8) is 0 Å². The number of carbonyl (C=O) groups is 1. The lowest BCUT2D eigenvalue weighted by molar-refractivity contribution is 0.0587. The normalized spacial score (nSPS) is 10.2. The van der Waals surface area contributed by atoms with Gasteiger partial charge in [0, 0.05) is 31.7 Å². The molecule has 2 aromatic rings. The third-order valence-electron chi connectivity index (χ3n) is 2.73. The molecule has 20 heavy (non-hydrogen) atoms. The maximum atomic E-state index is 11.3. The average molecular weight is 275 g/mol. The minimum atomic E-state index is -0.534. The molecule has 0 aromatic carbocycles. The monoisotopic (exact) mass is 275 g/mol. The van der Waals surface area contributed by atoms with Crippen molar-refractivity contribution < 1.29 is 9.53 Å². The highest BCUT2D eigenvalue weighted by Crippen LogP contribution is 2.04. The van der Waals surface area contributed by atoms with Crippen LogP contribution >= 0.6 is 0 Å². The topological polar surface area (TPSA) is 81.9 Å². The molecule has 2 rings (SSSR count). The molecule has 0 atom stereocenters. The number of unbranched alkanes of at least 4 members (excludes halogenated alkanes) is 1. The quantitative estimate of drug-likeness (QED) is 0.607. The van der Waals surface area contributed by atoms with E-state index in [1.165, 1.54) is 13.3 Å². The van der Waals surface area contributed by atoms with Gasteiger partial charge in [-0.15, -0.1) is 0 Å². The number of aromatic nitrogens is 4. The van der Waals surface area contributed by atoms with Crippen LogP contribution in [0.3, 0.4) is 0 Å². The number of esters is 1. The first-order valence-electron chi connectivity index (χ1n) is 6.40. The third-order valence-corrected chi connectivity index (χ3v) is 2.73. The zero-order valence-electron chi connectivity index (χ0n) is 11.3. The Balaban J connectivity index is 1.72. The van der Waals surface area contributed by atoms with E-state index >= 15 is 0 Å². The molecule has 2 heterocycles. The van der Waals surface area contributed by atoms with Gasteiger partial charge in [-0.3, -0.25) is 0 Å². The number of rotatable bonds is 7. The van der Waals surface area contributed by atoms with Gasteiger partial charge in [-0.2, -0.15) is 0 Å². The summed E-state index contributed by atoms with van der Waals surface area (Å²) in [6.45, 7) is 1.73. The number of hydrogen-bond acceptors (Lipinski definition) is 6. The second-order valence-electron chi connectivity index (χ2n) is 4.19. The van der Waals surface area contributed by atoms with E-state index in [0.29, 0.717) is 5.82 Å². The summed E-state index contributed by atoms with van der Waals surface area (Å²) >= 11 is 0. The summed E-state index contributed by atoms with van der Waals surface area (Å²) < 4.78 is 6.62. The SMILES string of the molecule is COC(=O)c1nccc(NCCCCn2ccnc2)n1. The van der Waals surface area contributed by atoms with Gasteiger partial charge < -0.3 is 14.6 Å². The van der Waals surface area contributed by atoms with Crippen LogP contribution in [-0.2, 0) is 11.3 Å². The summed E-state index contributed by atoms with van der Waals surface area (Å²) in [4.78, 5) is 23.2. The van der Waals surface area contributed by atoms with Crippen LogP contribution in [0.15, 0.2) is 31.0 Å². The van der Waals surface area contributed by atoms with E-state index in [4.69, 9.17) is 0 Å². The summed E-state index contributed by atoms with van der Waals surface area (Å²) in [5.74, 6) is 0.160. The van der Waals surface area contributed by atoms with Gasteiger partial charge in [-0.05, 0) is 18.9 Å². The summed E-state index contributed by atoms with van der Waals surface area (Å²) in [5, 5.41) is 3.16. The molecular formula is C13H17N5O2. The molecule has 0 aliphatic heterocycles. The van der Waals surface area contributed by atoms with Crippen LogP contribution in [0.1, 0.15) is 23.5 Å². The van der Waals surface area contributed by atoms with Gasteiger partial charge in [0.25, 0.3) is 0 Å². The molecular weight excluding hydrogens is 258 g/mol. The van der Waals surface area contributed by atoms with Crippen molar-refractivity contribution in [3.05, 3.63) is 36.8 Å². The predicted molar refractivity (Wildman–Crippen MR) is 73.3 cm³/mol. The Morgan fingerprint density at radius 3 is 3.05 bits per heavy atom. The molecule has 0 bridgehead atoms. The standard InChI is InChI=1S/C13H17N5O2/c1-20-13(19)12-16-6-4-11(17-12)15-5-2-3-8-18-9-7-14-10-18/h4,6-7,9-10H,2-3,5,8H2,1H3,(H,15,16,17). The van der Waals surface area contributed by atoms with E-state index in [2.05, 4.69) is 25.0 Å². The summed E-state index contributed by atoms with van der Waals surface area (Å²) in [7, 11) is 1.31. The maximum absolute atomic E-state index is 11.3. The van der Waals surface area contributed by atoms with E-state index in [9.17, 15) is 4.79 Å². The molecule has 7 heteroatoms. The molecule has 106 valence electrons. The second-order valence-corrected chi connectivity index (χ2v) is 4.19. The maximum Gasteiger partial charge on any atom is 0.376 e. The molecule has 0 saturated carbocycles. The van der Waals surface area contributed by atoms with Gasteiger partial charge in [-0.25, -0.2) is 19.7 Å². The predicted octanol–water partition coefficient (Wildman–Crippen LogP) is 1.35. The molecule has 0 aliphatic carbocycles. The lowest BCUT2D eigenvalue weighted by Crippen LogP contribution is -2.10. The Kier molecular flexibility index (Phi) is 5.05. The van der Waals surface area contributed by atoms with Crippen molar-refractivity contribution in [3.8, 4) is 0 Å². The number of imidazole rings is 1. The number of hydrogen-bond donors (Lipinski definition) is 1. The number of ether oxygens (including phenoxy) is 1. The first-order chi connectivity index (χ1) is 9.79. The zero-order chi connectivity index (χ0) is 14.2. The number of carbonyl (C=O) groups excluding carboxylic acids is 1. The number of aryl methyl sites for hydroxylation is 1. The van der Waals surface area contributed by atoms with Crippen molar-refractivity contribution in [1.82, 2.24) is 19.5 Å². The first-order valence-corrected chi connectivity index (χ1v) is 6.40.